The van der Waals surface area contributed by atoms with Crippen molar-refractivity contribution in [3.05, 3.63) is 96.6 Å². The quantitative estimate of drug-likeness (QED) is 0.208. The SMILES string of the molecule is [2H]C([2H])([2H])NC(=O)[C@H]1O[C@@H](n2cnc3c(NCc4ccccc4)nc(-c4cncc(OCc5ccccc5)c4)nc32)[C@H](O)[C@@H]1O. The highest BCUT2D eigenvalue weighted by atomic mass is 16.6. The first kappa shape index (κ1) is 23.8. The van der Waals surface area contributed by atoms with Crippen LogP contribution in [0.4, 0.5) is 5.82 Å². The van der Waals surface area contributed by atoms with Crippen molar-refractivity contribution in [3.8, 4) is 17.1 Å². The minimum Gasteiger partial charge on any atom is -0.487 e. The maximum atomic E-state index is 12.5. The summed E-state index contributed by atoms with van der Waals surface area (Å²) in [5.74, 6) is 0.0284. The number of anilines is 1. The maximum Gasteiger partial charge on any atom is 0.251 e. The molecule has 0 spiro atoms. The minimum absolute atomic E-state index is 0.222. The fourth-order valence-electron chi connectivity index (χ4n) is 4.67. The highest BCUT2D eigenvalue weighted by Crippen LogP contribution is 2.34. The van der Waals surface area contributed by atoms with Crippen molar-refractivity contribution in [3.63, 3.8) is 0 Å². The lowest BCUT2D eigenvalue weighted by molar-refractivity contribution is -0.137. The summed E-state index contributed by atoms with van der Waals surface area (Å²) in [5.41, 5.74) is 3.06. The topological polar surface area (TPSA) is 157 Å². The van der Waals surface area contributed by atoms with E-state index in [0.29, 0.717) is 35.8 Å². The molecular formula is C30H29N7O5. The van der Waals surface area contributed by atoms with Gasteiger partial charge in [-0.2, -0.15) is 0 Å². The molecule has 4 atom stereocenters. The van der Waals surface area contributed by atoms with Crippen LogP contribution in [0.25, 0.3) is 22.6 Å². The molecule has 4 heterocycles. The van der Waals surface area contributed by atoms with Crippen molar-refractivity contribution in [2.75, 3.05) is 12.3 Å². The van der Waals surface area contributed by atoms with Gasteiger partial charge in [-0.3, -0.25) is 14.3 Å². The number of carbonyl (C=O) groups excluding carboxylic acids is 1. The largest absolute Gasteiger partial charge is 0.487 e. The molecule has 12 nitrogen and oxygen atoms in total. The monoisotopic (exact) mass is 570 g/mol. The van der Waals surface area contributed by atoms with Gasteiger partial charge in [-0.15, -0.1) is 0 Å². The van der Waals surface area contributed by atoms with Crippen molar-refractivity contribution in [1.82, 2.24) is 29.8 Å². The Kier molecular flexibility index (Phi) is 6.74. The van der Waals surface area contributed by atoms with Crippen molar-refractivity contribution in [2.24, 2.45) is 0 Å². The molecule has 12 heteroatoms. The molecule has 2 aromatic carbocycles. The second-order valence-electron chi connectivity index (χ2n) is 9.66. The molecule has 0 saturated carbocycles. The summed E-state index contributed by atoms with van der Waals surface area (Å²) in [4.78, 5) is 30.7. The number of fused-ring (bicyclic) bond motifs is 1. The van der Waals surface area contributed by atoms with Crippen LogP contribution < -0.4 is 15.4 Å². The van der Waals surface area contributed by atoms with Crippen molar-refractivity contribution >= 4 is 22.9 Å². The van der Waals surface area contributed by atoms with Crippen LogP contribution in [0, 0.1) is 0 Å². The molecule has 6 rings (SSSR count). The molecular weight excluding hydrogens is 538 g/mol. The number of hydrogen-bond donors (Lipinski definition) is 4. The fourth-order valence-corrected chi connectivity index (χ4v) is 4.67. The van der Waals surface area contributed by atoms with Crippen LogP contribution in [0.15, 0.2) is 85.5 Å². The Balaban J connectivity index is 1.35. The molecule has 1 aliphatic rings. The second-order valence-corrected chi connectivity index (χ2v) is 9.66. The lowest BCUT2D eigenvalue weighted by atomic mass is 10.1. The Labute approximate surface area is 245 Å². The summed E-state index contributed by atoms with van der Waals surface area (Å²) >= 11 is 0. The Morgan fingerprint density at radius 3 is 2.57 bits per heavy atom. The summed E-state index contributed by atoms with van der Waals surface area (Å²) in [5, 5.41) is 26.6. The van der Waals surface area contributed by atoms with E-state index in [2.05, 4.69) is 15.3 Å². The number of aliphatic hydroxyl groups is 2. The van der Waals surface area contributed by atoms with Gasteiger partial charge in [-0.25, -0.2) is 15.0 Å². The number of nitrogens with one attached hydrogen (secondary N) is 2. The van der Waals surface area contributed by atoms with Gasteiger partial charge in [0.1, 0.15) is 24.6 Å². The van der Waals surface area contributed by atoms with E-state index < -0.39 is 37.4 Å². The molecule has 3 aromatic heterocycles. The zero-order valence-corrected chi connectivity index (χ0v) is 22.2. The predicted molar refractivity (Wildman–Crippen MR) is 153 cm³/mol. The van der Waals surface area contributed by atoms with E-state index in [-0.39, 0.29) is 11.5 Å². The fraction of sp³-hybridized carbons (Fsp3) is 0.233. The number of aromatic nitrogens is 5. The highest BCUT2D eigenvalue weighted by Gasteiger charge is 2.47. The number of hydrogen-bond acceptors (Lipinski definition) is 10. The van der Waals surface area contributed by atoms with E-state index in [0.717, 1.165) is 11.1 Å². The zero-order chi connectivity index (χ0) is 31.6. The van der Waals surface area contributed by atoms with Gasteiger partial charge >= 0.3 is 0 Å². The Hall–Kier alpha value is -4.91. The third-order valence-corrected chi connectivity index (χ3v) is 6.84. The molecule has 4 N–H and O–H groups in total. The number of benzene rings is 2. The van der Waals surface area contributed by atoms with Gasteiger partial charge in [0.2, 0.25) is 0 Å². The lowest BCUT2D eigenvalue weighted by Gasteiger charge is -2.17. The van der Waals surface area contributed by atoms with Crippen LogP contribution in [0.3, 0.4) is 0 Å². The molecule has 1 amide bonds. The molecule has 0 bridgehead atoms. The third-order valence-electron chi connectivity index (χ3n) is 6.84. The van der Waals surface area contributed by atoms with Crippen LogP contribution >= 0.6 is 0 Å². The molecule has 0 radical (unpaired) electrons. The smallest absolute Gasteiger partial charge is 0.251 e. The standard InChI is InChI=1S/C30H29N7O5/c1-31-29(40)25-23(38)24(39)30(42-25)37-17-34-22-27(33-13-18-8-4-2-5-9-18)35-26(36-28(22)37)20-12-21(15-32-14-20)41-16-19-10-6-3-7-11-19/h2-12,14-15,17,23-25,30,38-39H,13,16H2,1H3,(H,31,40)(H,33,35,36)/t23-,24+,25-,30+/m0/s1/i1D3. The Morgan fingerprint density at radius 2 is 1.81 bits per heavy atom. The van der Waals surface area contributed by atoms with Crippen LogP contribution in [0.5, 0.6) is 5.75 Å². The van der Waals surface area contributed by atoms with Gasteiger partial charge in [-0.1, -0.05) is 60.7 Å². The van der Waals surface area contributed by atoms with E-state index in [4.69, 9.17) is 23.6 Å². The number of likely N-dealkylation sites (N-methyl/N-ethyl adjacent to an activating group) is 1. The molecule has 1 saturated heterocycles. The van der Waals surface area contributed by atoms with Crippen LogP contribution in [0.1, 0.15) is 21.5 Å². The van der Waals surface area contributed by atoms with Gasteiger partial charge in [-0.05, 0) is 17.2 Å². The summed E-state index contributed by atoms with van der Waals surface area (Å²) in [7, 11) is 0. The van der Waals surface area contributed by atoms with Crippen LogP contribution in [-0.2, 0) is 22.7 Å². The van der Waals surface area contributed by atoms with Crippen LogP contribution in [-0.4, -0.2) is 65.9 Å². The van der Waals surface area contributed by atoms with Gasteiger partial charge in [0.25, 0.3) is 5.91 Å². The van der Waals surface area contributed by atoms with Crippen molar-refractivity contribution in [2.45, 2.75) is 37.7 Å². The first-order valence-electron chi connectivity index (χ1n) is 14.6. The first-order chi connectivity index (χ1) is 21.7. The lowest BCUT2D eigenvalue weighted by Crippen LogP contribution is -2.41. The summed E-state index contributed by atoms with van der Waals surface area (Å²) < 4.78 is 34.9. The number of ether oxygens (including phenoxy) is 2. The zero-order valence-electron chi connectivity index (χ0n) is 25.2. The number of pyridine rings is 1. The number of aliphatic hydroxyl groups excluding tert-OH is 2. The minimum atomic E-state index is -2.81. The molecule has 42 heavy (non-hydrogen) atoms. The average molecular weight is 571 g/mol. The maximum absolute atomic E-state index is 12.5. The first-order valence-corrected chi connectivity index (χ1v) is 13.1. The second kappa shape index (κ2) is 11.9. The number of rotatable bonds is 9. The van der Waals surface area contributed by atoms with Gasteiger partial charge in [0.05, 0.1) is 12.5 Å². The van der Waals surface area contributed by atoms with E-state index in [1.165, 1.54) is 10.9 Å². The molecule has 1 aliphatic heterocycles. The number of imidazole rings is 1. The summed E-state index contributed by atoms with van der Waals surface area (Å²) in [6, 6.07) is 21.1. The number of nitrogens with zero attached hydrogens (tertiary/aromatic N) is 5. The predicted octanol–water partition coefficient (Wildman–Crippen LogP) is 2.44. The number of carbonyl (C=O) groups is 1. The summed E-state index contributed by atoms with van der Waals surface area (Å²) in [6.45, 7) is -2.06. The summed E-state index contributed by atoms with van der Waals surface area (Å²) in [6.07, 6.45) is -1.78. The van der Waals surface area contributed by atoms with Crippen molar-refractivity contribution < 1.29 is 28.6 Å². The van der Waals surface area contributed by atoms with Gasteiger partial charge in [0, 0.05) is 29.4 Å². The van der Waals surface area contributed by atoms with Gasteiger partial charge in [0.15, 0.2) is 35.1 Å². The Morgan fingerprint density at radius 1 is 1.05 bits per heavy atom. The molecule has 1 fully saturated rings. The van der Waals surface area contributed by atoms with E-state index in [1.54, 1.807) is 23.8 Å². The van der Waals surface area contributed by atoms with Gasteiger partial charge < -0.3 is 30.3 Å². The molecule has 0 aliphatic carbocycles. The van der Waals surface area contributed by atoms with Crippen molar-refractivity contribution in [1.29, 1.82) is 0 Å². The molecule has 214 valence electrons. The van der Waals surface area contributed by atoms with Crippen LogP contribution in [0.2, 0.25) is 0 Å². The normalized spacial score (nSPS) is 21.3. The van der Waals surface area contributed by atoms with E-state index in [9.17, 15) is 15.0 Å². The molecule has 0 unspecified atom stereocenters. The molecule has 5 aromatic rings. The van der Waals surface area contributed by atoms with E-state index in [1.807, 2.05) is 60.7 Å². The number of amides is 1. The third kappa shape index (κ3) is 5.50. The average Bonchev–Trinajstić information content (AvgIpc) is 3.59. The van der Waals surface area contributed by atoms with E-state index >= 15 is 0 Å². The highest BCUT2D eigenvalue weighted by molar-refractivity contribution is 5.85. The Bertz CT molecular complexity index is 1790.